The second-order valence-corrected chi connectivity index (χ2v) is 20.5. The van der Waals surface area contributed by atoms with E-state index in [0.29, 0.717) is 67.4 Å². The van der Waals surface area contributed by atoms with Crippen molar-refractivity contribution in [2.24, 2.45) is 22.9 Å². The Kier molecular flexibility index (Phi) is 22.2. The van der Waals surface area contributed by atoms with Gasteiger partial charge >= 0.3 is 6.09 Å². The van der Waals surface area contributed by atoms with Crippen molar-refractivity contribution in [1.82, 2.24) is 4.90 Å². The number of carbonyl (C=O) groups is 2. The van der Waals surface area contributed by atoms with Crippen LogP contribution in [0.3, 0.4) is 0 Å². The number of anilines is 1. The fourth-order valence-electron chi connectivity index (χ4n) is 11.7. The van der Waals surface area contributed by atoms with Crippen molar-refractivity contribution in [3.05, 3.63) is 102 Å². The largest absolute Gasteiger partial charge is 0.497 e. The topological polar surface area (TPSA) is 167 Å². The molecule has 2 aliphatic carbocycles. The van der Waals surface area contributed by atoms with Gasteiger partial charge in [0, 0.05) is 56.6 Å². The normalized spacial score (nSPS) is 23.2. The summed E-state index contributed by atoms with van der Waals surface area (Å²) in [5, 5.41) is 28.0. The minimum absolute atomic E-state index is 0.0266. The number of halogens is 1. The predicted molar refractivity (Wildman–Crippen MR) is 288 cm³/mol. The Hall–Kier alpha value is -5.48. The van der Waals surface area contributed by atoms with E-state index in [9.17, 15) is 19.4 Å². The Labute approximate surface area is 444 Å². The molecule has 14 nitrogen and oxygen atoms in total. The third kappa shape index (κ3) is 14.9. The van der Waals surface area contributed by atoms with E-state index in [1.54, 1.807) is 49.6 Å². The van der Waals surface area contributed by atoms with Gasteiger partial charge in [-0.3, -0.25) is 10.1 Å². The lowest BCUT2D eigenvalue weighted by atomic mass is 9.55. The average molecular weight is 1040 g/mol. The van der Waals surface area contributed by atoms with Crippen molar-refractivity contribution >= 4 is 23.4 Å². The predicted octanol–water partition coefficient (Wildman–Crippen LogP) is 12.6. The molecule has 7 rings (SSSR count). The molecule has 0 spiro atoms. The fourth-order valence-corrected chi connectivity index (χ4v) is 11.7. The number of methoxy groups -OCH3 is 2. The number of aliphatic hydroxyl groups excluding tert-OH is 2. The van der Waals surface area contributed by atoms with Gasteiger partial charge < -0.3 is 48.4 Å². The summed E-state index contributed by atoms with van der Waals surface area (Å²) in [6.45, 7) is 7.20. The number of ether oxygens (including phenoxy) is 6. The number of aliphatic hydroxyl groups is 2. The Morgan fingerprint density at radius 1 is 0.880 bits per heavy atom. The number of hydrogen-bond acceptors (Lipinski definition) is 12. The number of nitrogens with one attached hydrogen (secondary N) is 1. The number of allylic oxidation sites excluding steroid dienone is 1. The first-order chi connectivity index (χ1) is 36.7. The van der Waals surface area contributed by atoms with E-state index in [4.69, 9.17) is 38.4 Å². The van der Waals surface area contributed by atoms with Crippen LogP contribution in [-0.4, -0.2) is 91.6 Å². The number of fused-ring (bicyclic) bond motifs is 2. The number of unbranched alkanes of at least 4 members (excludes halogenated alkanes) is 10. The summed E-state index contributed by atoms with van der Waals surface area (Å²) in [5.74, 6) is -1.31. The van der Waals surface area contributed by atoms with Crippen LogP contribution in [0.1, 0.15) is 152 Å². The quantitative estimate of drug-likeness (QED) is 0.0330. The minimum atomic E-state index is -1.53. The maximum absolute atomic E-state index is 15.3. The van der Waals surface area contributed by atoms with Crippen molar-refractivity contribution in [3.63, 3.8) is 0 Å². The molecule has 2 fully saturated rings. The Bertz CT molecular complexity index is 2360. The summed E-state index contributed by atoms with van der Waals surface area (Å²) in [4.78, 5) is 37.3. The van der Waals surface area contributed by atoms with Gasteiger partial charge in [-0.25, -0.2) is 9.18 Å². The van der Waals surface area contributed by atoms with Gasteiger partial charge in [-0.05, 0) is 110 Å². The van der Waals surface area contributed by atoms with Crippen molar-refractivity contribution in [2.75, 3.05) is 46.0 Å². The van der Waals surface area contributed by atoms with Gasteiger partial charge in [0.25, 0.3) is 0 Å². The first-order valence-electron chi connectivity index (χ1n) is 27.8. The molecule has 75 heavy (non-hydrogen) atoms. The first-order valence-corrected chi connectivity index (χ1v) is 27.8. The first kappa shape index (κ1) is 57.2. The molecule has 4 aliphatic rings. The highest BCUT2D eigenvalue weighted by Crippen LogP contribution is 2.62. The SMILES string of the molecule is C=CCOC12Oc3ccc(OC(=O)Nc4ccc(OC)cc4OC)cc3C3C(CCCCO)C(CCCCO)C=C(C(=NOC4CCCCO4)CC1N(Cc1ccc(F)cc1)C(=O)CCCCCCCCCCC)C32. The van der Waals surface area contributed by atoms with Gasteiger partial charge in [-0.15, -0.1) is 6.58 Å². The van der Waals surface area contributed by atoms with Crippen LogP contribution in [0, 0.1) is 23.6 Å². The second-order valence-electron chi connectivity index (χ2n) is 20.5. The van der Waals surface area contributed by atoms with Gasteiger partial charge in [0.05, 0.1) is 44.8 Å². The van der Waals surface area contributed by atoms with Crippen molar-refractivity contribution in [2.45, 2.75) is 166 Å². The number of rotatable bonds is 30. The molecule has 0 aromatic heterocycles. The molecule has 2 heterocycles. The van der Waals surface area contributed by atoms with Crippen LogP contribution in [0.5, 0.6) is 23.0 Å². The number of carbonyl (C=O) groups excluding carboxylic acids is 2. The highest BCUT2D eigenvalue weighted by Gasteiger charge is 2.65. The lowest BCUT2D eigenvalue weighted by Crippen LogP contribution is -2.70. The van der Waals surface area contributed by atoms with E-state index in [1.165, 1.54) is 51.3 Å². The Balaban J connectivity index is 1.36. The molecule has 1 saturated carbocycles. The van der Waals surface area contributed by atoms with E-state index in [0.717, 1.165) is 74.5 Å². The molecule has 410 valence electrons. The zero-order valence-corrected chi connectivity index (χ0v) is 44.6. The van der Waals surface area contributed by atoms with E-state index < -0.39 is 30.1 Å². The van der Waals surface area contributed by atoms with Crippen LogP contribution >= 0.6 is 0 Å². The molecule has 15 heteroatoms. The van der Waals surface area contributed by atoms with Gasteiger partial charge in [0.2, 0.25) is 18.0 Å². The number of amides is 2. The highest BCUT2D eigenvalue weighted by molar-refractivity contribution is 6.03. The van der Waals surface area contributed by atoms with Crippen LogP contribution in [0.15, 0.2) is 90.1 Å². The molecular weight excluding hydrogens is 958 g/mol. The summed E-state index contributed by atoms with van der Waals surface area (Å²) < 4.78 is 52.3. The molecule has 2 amide bonds. The zero-order chi connectivity index (χ0) is 53.0. The van der Waals surface area contributed by atoms with Gasteiger partial charge in [-0.2, -0.15) is 0 Å². The lowest BCUT2D eigenvalue weighted by Gasteiger charge is -2.60. The monoisotopic (exact) mass is 1040 g/mol. The lowest BCUT2D eigenvalue weighted by molar-refractivity contribution is -0.258. The molecular formula is C60H82FN3O11. The van der Waals surface area contributed by atoms with Crippen LogP contribution in [0.4, 0.5) is 14.9 Å². The summed E-state index contributed by atoms with van der Waals surface area (Å²) in [6.07, 6.45) is 19.9. The van der Waals surface area contributed by atoms with Crippen LogP contribution in [0.25, 0.3) is 0 Å². The molecule has 7 atom stereocenters. The maximum Gasteiger partial charge on any atom is 0.417 e. The summed E-state index contributed by atoms with van der Waals surface area (Å²) >= 11 is 0. The van der Waals surface area contributed by atoms with Gasteiger partial charge in [-0.1, -0.05) is 101 Å². The number of oxime groups is 1. The van der Waals surface area contributed by atoms with Crippen molar-refractivity contribution < 1.29 is 57.5 Å². The zero-order valence-electron chi connectivity index (χ0n) is 44.6. The van der Waals surface area contributed by atoms with E-state index >= 15 is 4.79 Å². The molecule has 1 saturated heterocycles. The van der Waals surface area contributed by atoms with Crippen LogP contribution in [-0.2, 0) is 25.7 Å². The summed E-state index contributed by atoms with van der Waals surface area (Å²) in [7, 11) is 3.06. The number of benzene rings is 3. The summed E-state index contributed by atoms with van der Waals surface area (Å²) in [5.41, 5.74) is 3.45. The minimum Gasteiger partial charge on any atom is -0.497 e. The molecule has 3 aromatic carbocycles. The Morgan fingerprint density at radius 2 is 1.61 bits per heavy atom. The fraction of sp³-hybridized carbons (Fsp3) is 0.583. The smallest absolute Gasteiger partial charge is 0.417 e. The highest BCUT2D eigenvalue weighted by atomic mass is 19.1. The maximum atomic E-state index is 15.3. The van der Waals surface area contributed by atoms with E-state index in [-0.39, 0.29) is 68.0 Å². The van der Waals surface area contributed by atoms with E-state index in [2.05, 4.69) is 24.9 Å². The molecule has 2 aliphatic heterocycles. The van der Waals surface area contributed by atoms with Gasteiger partial charge in [0.1, 0.15) is 34.9 Å². The standard InChI is InChI=1S/C60H82FN3O11/c1-5-7-8-9-10-11-12-13-14-23-55(67)64(41-42-25-27-44(61)28-26-42)54-40-51(63-75-56-24-17-20-36-71-56)48-37-43(21-15-18-33-65)47(22-16-19-34-66)57-49-38-46(30-32-52(49)74-60(54,58(48)57)72-35-6-2)73-59(68)62-50-31-29-45(69-3)39-53(50)70-4/h6,25-32,37-39,43,47,54,56-58,65-66H,2,5,7-24,33-36,40-41H2,1,3-4H3,(H,62,68). The molecule has 3 aromatic rings. The van der Waals surface area contributed by atoms with Crippen molar-refractivity contribution in [1.29, 1.82) is 0 Å². The summed E-state index contributed by atoms with van der Waals surface area (Å²) in [6, 6.07) is 15.9. The van der Waals surface area contributed by atoms with Crippen LogP contribution in [0.2, 0.25) is 0 Å². The average Bonchev–Trinajstić information content (AvgIpc) is 3.43. The number of hydrogen-bond donors (Lipinski definition) is 3. The van der Waals surface area contributed by atoms with Crippen molar-refractivity contribution in [3.8, 4) is 23.0 Å². The third-order valence-electron chi connectivity index (χ3n) is 15.4. The molecule has 3 N–H and O–H groups in total. The third-order valence-corrected chi connectivity index (χ3v) is 15.4. The van der Waals surface area contributed by atoms with E-state index in [1.807, 2.05) is 17.0 Å². The number of nitrogens with zero attached hydrogens (tertiary/aromatic N) is 2. The second kappa shape index (κ2) is 29.1. The molecule has 7 unspecified atom stereocenters. The molecule has 0 radical (unpaired) electrons. The van der Waals surface area contributed by atoms with Crippen LogP contribution < -0.4 is 24.3 Å². The molecule has 0 bridgehead atoms. The van der Waals surface area contributed by atoms with Gasteiger partial charge in [0.15, 0.2) is 0 Å². The Morgan fingerprint density at radius 3 is 2.31 bits per heavy atom.